The molecule has 1 N–H and O–H groups in total. The molecule has 0 saturated heterocycles. The average Bonchev–Trinajstić information content (AvgIpc) is 2.22. The van der Waals surface area contributed by atoms with E-state index in [4.69, 9.17) is 9.84 Å². The Hall–Kier alpha value is -1.30. The second-order valence-corrected chi connectivity index (χ2v) is 3.52. The summed E-state index contributed by atoms with van der Waals surface area (Å²) in [6, 6.07) is 3.58. The molecule has 0 aromatic heterocycles. The van der Waals surface area contributed by atoms with Crippen LogP contribution in [-0.2, 0) is 6.61 Å². The van der Waals surface area contributed by atoms with E-state index >= 15 is 0 Å². The molecule has 1 aromatic carbocycles. The lowest BCUT2D eigenvalue weighted by Gasteiger charge is -2.09. The lowest BCUT2D eigenvalue weighted by molar-refractivity contribution is -0.136. The molecule has 2 nitrogen and oxygen atoms in total. The highest BCUT2D eigenvalue weighted by atomic mass is 19.4. The van der Waals surface area contributed by atoms with Crippen molar-refractivity contribution in [3.05, 3.63) is 29.6 Å². The van der Waals surface area contributed by atoms with E-state index in [0.29, 0.717) is 5.56 Å². The zero-order valence-electron chi connectivity index (χ0n) is 8.93. The second kappa shape index (κ2) is 5.86. The number of alkyl halides is 3. The number of hydrogen-bond acceptors (Lipinski definition) is 2. The standard InChI is InChI=1S/C11H12F4O2/c12-9-4-8(7-16)5-10(6-9)17-3-1-2-11(13,14)15/h4-6,16H,1-3,7H2. The van der Waals surface area contributed by atoms with Gasteiger partial charge in [-0.1, -0.05) is 0 Å². The molecular weight excluding hydrogens is 240 g/mol. The Kier molecular flexibility index (Phi) is 4.74. The Bertz CT molecular complexity index is 363. The molecule has 6 heteroatoms. The zero-order chi connectivity index (χ0) is 12.9. The largest absolute Gasteiger partial charge is 0.493 e. The molecule has 0 amide bonds. The van der Waals surface area contributed by atoms with Gasteiger partial charge in [-0.25, -0.2) is 4.39 Å². The monoisotopic (exact) mass is 252 g/mol. The fraction of sp³-hybridized carbons (Fsp3) is 0.455. The van der Waals surface area contributed by atoms with Gasteiger partial charge in [0.25, 0.3) is 0 Å². The molecule has 96 valence electrons. The van der Waals surface area contributed by atoms with Gasteiger partial charge < -0.3 is 9.84 Å². The highest BCUT2D eigenvalue weighted by Crippen LogP contribution is 2.22. The van der Waals surface area contributed by atoms with Crippen LogP contribution in [0.25, 0.3) is 0 Å². The Morgan fingerprint density at radius 2 is 1.88 bits per heavy atom. The van der Waals surface area contributed by atoms with Gasteiger partial charge in [0.05, 0.1) is 13.2 Å². The number of aliphatic hydroxyl groups is 1. The van der Waals surface area contributed by atoms with Crippen LogP contribution in [0.15, 0.2) is 18.2 Å². The van der Waals surface area contributed by atoms with Gasteiger partial charge in [0.15, 0.2) is 0 Å². The first kappa shape index (κ1) is 13.8. The first-order chi connectivity index (χ1) is 7.90. The normalized spacial score (nSPS) is 11.6. The summed E-state index contributed by atoms with van der Waals surface area (Å²) in [5.74, 6) is -0.474. The molecule has 0 saturated carbocycles. The molecule has 0 unspecified atom stereocenters. The molecule has 17 heavy (non-hydrogen) atoms. The summed E-state index contributed by atoms with van der Waals surface area (Å²) in [5, 5.41) is 8.79. The van der Waals surface area contributed by atoms with Crippen LogP contribution >= 0.6 is 0 Å². The van der Waals surface area contributed by atoms with Crippen molar-refractivity contribution < 1.29 is 27.4 Å². The van der Waals surface area contributed by atoms with Gasteiger partial charge in [0.1, 0.15) is 11.6 Å². The maximum absolute atomic E-state index is 12.9. The molecule has 0 aliphatic carbocycles. The maximum Gasteiger partial charge on any atom is 0.389 e. The Balaban J connectivity index is 2.44. The van der Waals surface area contributed by atoms with E-state index in [1.54, 1.807) is 0 Å². The van der Waals surface area contributed by atoms with Gasteiger partial charge >= 0.3 is 6.18 Å². The fourth-order valence-electron chi connectivity index (χ4n) is 1.26. The summed E-state index contributed by atoms with van der Waals surface area (Å²) in [6.07, 6.45) is -5.33. The first-order valence-electron chi connectivity index (χ1n) is 5.00. The molecule has 0 bridgehead atoms. The molecule has 0 radical (unpaired) electrons. The summed E-state index contributed by atoms with van der Waals surface area (Å²) >= 11 is 0. The molecule has 0 heterocycles. The van der Waals surface area contributed by atoms with E-state index in [-0.39, 0.29) is 25.4 Å². The van der Waals surface area contributed by atoms with Gasteiger partial charge in [-0.2, -0.15) is 13.2 Å². The topological polar surface area (TPSA) is 29.5 Å². The summed E-state index contributed by atoms with van der Waals surface area (Å²) in [6.45, 7) is -0.496. The van der Waals surface area contributed by atoms with Crippen molar-refractivity contribution in [2.75, 3.05) is 6.61 Å². The van der Waals surface area contributed by atoms with Crippen LogP contribution in [0.5, 0.6) is 5.75 Å². The van der Waals surface area contributed by atoms with E-state index in [1.807, 2.05) is 0 Å². The molecule has 0 aliphatic heterocycles. The lowest BCUT2D eigenvalue weighted by atomic mass is 10.2. The van der Waals surface area contributed by atoms with E-state index in [9.17, 15) is 17.6 Å². The third-order valence-electron chi connectivity index (χ3n) is 1.99. The summed E-state index contributed by atoms with van der Waals surface area (Å²) < 4.78 is 53.4. The van der Waals surface area contributed by atoms with Crippen molar-refractivity contribution in [2.24, 2.45) is 0 Å². The average molecular weight is 252 g/mol. The number of benzene rings is 1. The minimum absolute atomic E-state index is 0.122. The van der Waals surface area contributed by atoms with Crippen molar-refractivity contribution in [1.29, 1.82) is 0 Å². The van der Waals surface area contributed by atoms with Gasteiger partial charge in [-0.3, -0.25) is 0 Å². The quantitative estimate of drug-likeness (QED) is 0.644. The Morgan fingerprint density at radius 1 is 1.18 bits per heavy atom. The first-order valence-corrected chi connectivity index (χ1v) is 5.00. The summed E-state index contributed by atoms with van der Waals surface area (Å²) in [4.78, 5) is 0. The Morgan fingerprint density at radius 3 is 2.47 bits per heavy atom. The third kappa shape index (κ3) is 5.53. The van der Waals surface area contributed by atoms with E-state index in [2.05, 4.69) is 0 Å². The van der Waals surface area contributed by atoms with Crippen molar-refractivity contribution in [1.82, 2.24) is 0 Å². The molecule has 0 atom stereocenters. The number of ether oxygens (including phenoxy) is 1. The zero-order valence-corrected chi connectivity index (χ0v) is 8.93. The third-order valence-corrected chi connectivity index (χ3v) is 1.99. The summed E-state index contributed by atoms with van der Waals surface area (Å²) in [7, 11) is 0. The second-order valence-electron chi connectivity index (χ2n) is 3.52. The van der Waals surface area contributed by atoms with Crippen LogP contribution in [0.1, 0.15) is 18.4 Å². The van der Waals surface area contributed by atoms with E-state index < -0.39 is 18.4 Å². The highest BCUT2D eigenvalue weighted by Gasteiger charge is 2.26. The molecular formula is C11H12F4O2. The van der Waals surface area contributed by atoms with Crippen LogP contribution in [0, 0.1) is 5.82 Å². The van der Waals surface area contributed by atoms with Crippen molar-refractivity contribution in [3.63, 3.8) is 0 Å². The fourth-order valence-corrected chi connectivity index (χ4v) is 1.26. The maximum atomic E-state index is 12.9. The summed E-state index contributed by atoms with van der Waals surface area (Å²) in [5.41, 5.74) is 0.316. The molecule has 0 aliphatic rings. The molecule has 1 rings (SSSR count). The molecule has 0 fully saturated rings. The highest BCUT2D eigenvalue weighted by molar-refractivity contribution is 5.29. The van der Waals surface area contributed by atoms with Gasteiger partial charge in [0.2, 0.25) is 0 Å². The van der Waals surface area contributed by atoms with Gasteiger partial charge in [-0.05, 0) is 24.1 Å². The molecule has 1 aromatic rings. The smallest absolute Gasteiger partial charge is 0.389 e. The lowest BCUT2D eigenvalue weighted by Crippen LogP contribution is -2.09. The minimum Gasteiger partial charge on any atom is -0.493 e. The van der Waals surface area contributed by atoms with Crippen LogP contribution in [-0.4, -0.2) is 17.9 Å². The van der Waals surface area contributed by atoms with Crippen molar-refractivity contribution in [3.8, 4) is 5.75 Å². The minimum atomic E-state index is -4.21. The van der Waals surface area contributed by atoms with Crippen LogP contribution in [0.4, 0.5) is 17.6 Å². The van der Waals surface area contributed by atoms with E-state index in [1.165, 1.54) is 6.07 Å². The van der Waals surface area contributed by atoms with Gasteiger partial charge in [0, 0.05) is 12.5 Å². The Labute approximate surface area is 95.8 Å². The van der Waals surface area contributed by atoms with Crippen molar-refractivity contribution in [2.45, 2.75) is 25.6 Å². The number of halogens is 4. The van der Waals surface area contributed by atoms with E-state index in [0.717, 1.165) is 12.1 Å². The molecule has 0 spiro atoms. The van der Waals surface area contributed by atoms with Crippen molar-refractivity contribution >= 4 is 0 Å². The van der Waals surface area contributed by atoms with Crippen LogP contribution in [0.3, 0.4) is 0 Å². The van der Waals surface area contributed by atoms with Gasteiger partial charge in [-0.15, -0.1) is 0 Å². The SMILES string of the molecule is OCc1cc(F)cc(OCCCC(F)(F)F)c1. The predicted molar refractivity (Wildman–Crippen MR) is 53.1 cm³/mol. The number of aliphatic hydroxyl groups excluding tert-OH is 1. The van der Waals surface area contributed by atoms with Crippen LogP contribution in [0.2, 0.25) is 0 Å². The number of hydrogen-bond donors (Lipinski definition) is 1. The predicted octanol–water partition coefficient (Wildman–Crippen LogP) is 3.04. The van der Waals surface area contributed by atoms with Crippen LogP contribution < -0.4 is 4.74 Å². The number of rotatable bonds is 5.